The zero-order valence-electron chi connectivity index (χ0n) is 14.3. The highest BCUT2D eigenvalue weighted by Gasteiger charge is 2.13. The van der Waals surface area contributed by atoms with Crippen molar-refractivity contribution < 1.29 is 9.21 Å². The highest BCUT2D eigenvalue weighted by atomic mass is 32.2. The zero-order chi connectivity index (χ0) is 18.5. The Labute approximate surface area is 155 Å². The first kappa shape index (κ1) is 17.7. The van der Waals surface area contributed by atoms with Gasteiger partial charge in [-0.2, -0.15) is 5.26 Å². The first-order valence-corrected chi connectivity index (χ1v) is 8.85. The number of amides is 1. The first-order chi connectivity index (χ1) is 12.5. The molecule has 0 aliphatic rings. The normalized spacial score (nSPS) is 10.5. The molecule has 0 spiro atoms. The summed E-state index contributed by atoms with van der Waals surface area (Å²) in [7, 11) is 0. The van der Waals surface area contributed by atoms with Crippen LogP contribution in [0.15, 0.2) is 57.8 Å². The van der Waals surface area contributed by atoms with E-state index in [1.54, 1.807) is 36.0 Å². The Morgan fingerprint density at radius 2 is 1.96 bits per heavy atom. The van der Waals surface area contributed by atoms with Crippen LogP contribution >= 0.6 is 11.8 Å². The van der Waals surface area contributed by atoms with Crippen LogP contribution in [0.5, 0.6) is 0 Å². The summed E-state index contributed by atoms with van der Waals surface area (Å²) in [6.45, 7) is 4.25. The van der Waals surface area contributed by atoms with Crippen molar-refractivity contribution in [2.45, 2.75) is 24.0 Å². The molecule has 1 amide bonds. The van der Waals surface area contributed by atoms with Crippen LogP contribution in [0.2, 0.25) is 0 Å². The maximum absolute atomic E-state index is 12.2. The molecule has 1 N–H and O–H groups in total. The zero-order valence-corrected chi connectivity index (χ0v) is 15.1. The van der Waals surface area contributed by atoms with Crippen LogP contribution < -0.4 is 5.32 Å². The van der Waals surface area contributed by atoms with Gasteiger partial charge in [-0.25, -0.2) is 0 Å². The topological polar surface area (TPSA) is 91.8 Å². The maximum Gasteiger partial charge on any atom is 0.322 e. The lowest BCUT2D eigenvalue weighted by Crippen LogP contribution is -2.11. The van der Waals surface area contributed by atoms with Gasteiger partial charge in [0.05, 0.1) is 11.6 Å². The number of carbonyl (C=O) groups excluding carboxylic acids is 1. The van der Waals surface area contributed by atoms with E-state index in [1.165, 1.54) is 0 Å². The van der Waals surface area contributed by atoms with E-state index < -0.39 is 0 Å². The van der Waals surface area contributed by atoms with Gasteiger partial charge in [0, 0.05) is 21.3 Å². The van der Waals surface area contributed by atoms with E-state index >= 15 is 0 Å². The number of rotatable bonds is 5. The molecule has 0 aliphatic carbocycles. The summed E-state index contributed by atoms with van der Waals surface area (Å²) in [5.74, 6) is -0.0415. The highest BCUT2D eigenvalue weighted by molar-refractivity contribution is 7.99. The molecule has 3 aromatic rings. The SMILES string of the molecule is CC(C)Sc1cccc(-c2nnc(NC(=O)c3ccc(C#N)cc3)o2)c1. The first-order valence-electron chi connectivity index (χ1n) is 7.97. The summed E-state index contributed by atoms with van der Waals surface area (Å²) in [4.78, 5) is 13.3. The molecule has 0 bridgehead atoms. The van der Waals surface area contributed by atoms with Crippen molar-refractivity contribution in [3.8, 4) is 17.5 Å². The van der Waals surface area contributed by atoms with Gasteiger partial charge in [0.2, 0.25) is 5.89 Å². The number of anilines is 1. The summed E-state index contributed by atoms with van der Waals surface area (Å²) in [5.41, 5.74) is 1.68. The van der Waals surface area contributed by atoms with E-state index in [0.29, 0.717) is 22.3 Å². The number of aromatic nitrogens is 2. The number of benzene rings is 2. The third kappa shape index (κ3) is 4.29. The Hall–Kier alpha value is -3.11. The summed E-state index contributed by atoms with van der Waals surface area (Å²) >= 11 is 1.74. The fourth-order valence-corrected chi connectivity index (χ4v) is 3.13. The van der Waals surface area contributed by atoms with Crippen molar-refractivity contribution in [3.63, 3.8) is 0 Å². The monoisotopic (exact) mass is 364 g/mol. The van der Waals surface area contributed by atoms with E-state index in [9.17, 15) is 4.79 Å². The summed E-state index contributed by atoms with van der Waals surface area (Å²) in [6, 6.07) is 16.1. The molecule has 1 heterocycles. The number of nitriles is 1. The Bertz CT molecular complexity index is 958. The van der Waals surface area contributed by atoms with Gasteiger partial charge in [-0.3, -0.25) is 10.1 Å². The van der Waals surface area contributed by atoms with Gasteiger partial charge in [-0.15, -0.1) is 16.9 Å². The molecule has 7 heteroatoms. The van der Waals surface area contributed by atoms with Crippen molar-refractivity contribution >= 4 is 23.7 Å². The maximum atomic E-state index is 12.2. The van der Waals surface area contributed by atoms with Crippen molar-refractivity contribution in [1.82, 2.24) is 10.2 Å². The average Bonchev–Trinajstić information content (AvgIpc) is 3.10. The predicted octanol–water partition coefficient (Wildman–Crippen LogP) is 4.36. The quantitative estimate of drug-likeness (QED) is 0.676. The Morgan fingerprint density at radius 1 is 1.19 bits per heavy atom. The minimum Gasteiger partial charge on any atom is -0.403 e. The molecule has 2 aromatic carbocycles. The van der Waals surface area contributed by atoms with Crippen LogP contribution in [-0.2, 0) is 0 Å². The average molecular weight is 364 g/mol. The van der Waals surface area contributed by atoms with Gasteiger partial charge < -0.3 is 4.42 Å². The Kier molecular flexibility index (Phi) is 5.34. The minimum atomic E-state index is -0.381. The smallest absolute Gasteiger partial charge is 0.322 e. The van der Waals surface area contributed by atoms with Crippen LogP contribution in [0.3, 0.4) is 0 Å². The Balaban J connectivity index is 1.73. The van der Waals surface area contributed by atoms with Crippen molar-refractivity contribution in [2.24, 2.45) is 0 Å². The fourth-order valence-electron chi connectivity index (χ4n) is 2.23. The van der Waals surface area contributed by atoms with E-state index in [0.717, 1.165) is 10.5 Å². The number of nitrogens with one attached hydrogen (secondary N) is 1. The number of nitrogens with zero attached hydrogens (tertiary/aromatic N) is 3. The minimum absolute atomic E-state index is 0.0243. The summed E-state index contributed by atoms with van der Waals surface area (Å²) in [5, 5.41) is 19.7. The van der Waals surface area contributed by atoms with Gasteiger partial charge in [0.15, 0.2) is 0 Å². The number of carbonyl (C=O) groups is 1. The molecule has 130 valence electrons. The molecule has 3 rings (SSSR count). The molecule has 0 fully saturated rings. The van der Waals surface area contributed by atoms with Crippen LogP contribution in [0, 0.1) is 11.3 Å². The second-order valence-corrected chi connectivity index (χ2v) is 7.40. The van der Waals surface area contributed by atoms with E-state index in [4.69, 9.17) is 9.68 Å². The second-order valence-electron chi connectivity index (χ2n) is 5.75. The molecule has 0 saturated heterocycles. The number of thioether (sulfide) groups is 1. The summed E-state index contributed by atoms with van der Waals surface area (Å²) in [6.07, 6.45) is 0. The third-order valence-corrected chi connectivity index (χ3v) is 4.37. The fraction of sp³-hybridized carbons (Fsp3) is 0.158. The molecule has 6 nitrogen and oxygen atoms in total. The summed E-state index contributed by atoms with van der Waals surface area (Å²) < 4.78 is 5.55. The van der Waals surface area contributed by atoms with Gasteiger partial charge in [0.1, 0.15) is 0 Å². The molecule has 0 saturated carbocycles. The van der Waals surface area contributed by atoms with Crippen LogP contribution in [-0.4, -0.2) is 21.4 Å². The highest BCUT2D eigenvalue weighted by Crippen LogP contribution is 2.28. The van der Waals surface area contributed by atoms with Gasteiger partial charge in [-0.05, 0) is 42.5 Å². The predicted molar refractivity (Wildman–Crippen MR) is 99.8 cm³/mol. The third-order valence-electron chi connectivity index (χ3n) is 3.37. The van der Waals surface area contributed by atoms with Crippen LogP contribution in [0.1, 0.15) is 29.8 Å². The van der Waals surface area contributed by atoms with E-state index in [2.05, 4.69) is 29.4 Å². The lowest BCUT2D eigenvalue weighted by atomic mass is 10.1. The second kappa shape index (κ2) is 7.85. The lowest BCUT2D eigenvalue weighted by Gasteiger charge is -2.05. The molecule has 1 aromatic heterocycles. The largest absolute Gasteiger partial charge is 0.403 e. The Morgan fingerprint density at radius 3 is 2.65 bits per heavy atom. The van der Waals surface area contributed by atoms with E-state index in [-0.39, 0.29) is 11.9 Å². The standard InChI is InChI=1S/C19H16N4O2S/c1-12(2)26-16-5-3-4-15(10-16)18-22-23-19(25-18)21-17(24)14-8-6-13(11-20)7-9-14/h3-10,12H,1-2H3,(H,21,23,24). The molecule has 26 heavy (non-hydrogen) atoms. The molecule has 0 unspecified atom stereocenters. The number of hydrogen-bond donors (Lipinski definition) is 1. The van der Waals surface area contributed by atoms with Gasteiger partial charge >= 0.3 is 6.01 Å². The number of hydrogen-bond acceptors (Lipinski definition) is 6. The lowest BCUT2D eigenvalue weighted by molar-refractivity contribution is 0.102. The van der Waals surface area contributed by atoms with Crippen LogP contribution in [0.4, 0.5) is 6.01 Å². The van der Waals surface area contributed by atoms with Gasteiger partial charge in [0.25, 0.3) is 5.91 Å². The van der Waals surface area contributed by atoms with Crippen LogP contribution in [0.25, 0.3) is 11.5 Å². The molecular weight excluding hydrogens is 348 g/mol. The molecule has 0 radical (unpaired) electrons. The molecule has 0 aliphatic heterocycles. The molecular formula is C19H16N4O2S. The molecule has 0 atom stereocenters. The van der Waals surface area contributed by atoms with Crippen molar-refractivity contribution in [1.29, 1.82) is 5.26 Å². The van der Waals surface area contributed by atoms with Crippen molar-refractivity contribution in [3.05, 3.63) is 59.7 Å². The van der Waals surface area contributed by atoms with E-state index in [1.807, 2.05) is 30.3 Å². The van der Waals surface area contributed by atoms with Gasteiger partial charge in [-0.1, -0.05) is 25.0 Å². The van der Waals surface area contributed by atoms with Crippen molar-refractivity contribution in [2.75, 3.05) is 5.32 Å².